The maximum atomic E-state index is 12.6. The van der Waals surface area contributed by atoms with E-state index in [1.165, 1.54) is 28.5 Å². The Bertz CT molecular complexity index is 647. The number of hydrogen-bond donors (Lipinski definition) is 0. The number of amides is 1. The standard InChI is InChI=1S/C17H26N2O3S2/c1-18(24(21,22)17-9-5-13-23-17)12-4-8-16(20)19(15-10-11-15)14-6-2-3-7-14/h5,9,13-15H,2-4,6-8,10-12H2,1H3. The zero-order valence-electron chi connectivity index (χ0n) is 14.2. The van der Waals surface area contributed by atoms with Gasteiger partial charge in [-0.3, -0.25) is 4.79 Å². The van der Waals surface area contributed by atoms with Crippen molar-refractivity contribution in [2.75, 3.05) is 13.6 Å². The van der Waals surface area contributed by atoms with E-state index in [2.05, 4.69) is 4.90 Å². The molecule has 0 aromatic carbocycles. The minimum absolute atomic E-state index is 0.214. The predicted molar refractivity (Wildman–Crippen MR) is 95.5 cm³/mol. The Labute approximate surface area is 148 Å². The molecule has 0 atom stereocenters. The van der Waals surface area contributed by atoms with Crippen molar-refractivity contribution in [2.45, 2.75) is 67.7 Å². The fourth-order valence-corrected chi connectivity index (χ4v) is 5.92. The van der Waals surface area contributed by atoms with E-state index in [1.807, 2.05) is 0 Å². The van der Waals surface area contributed by atoms with E-state index in [1.54, 1.807) is 24.6 Å². The topological polar surface area (TPSA) is 57.7 Å². The normalized spacial score (nSPS) is 19.1. The number of carbonyl (C=O) groups excluding carboxylic acids is 1. The van der Waals surface area contributed by atoms with Gasteiger partial charge in [-0.1, -0.05) is 18.9 Å². The first-order valence-electron chi connectivity index (χ1n) is 8.81. The highest BCUT2D eigenvalue weighted by atomic mass is 32.2. The summed E-state index contributed by atoms with van der Waals surface area (Å²) < 4.78 is 26.5. The highest BCUT2D eigenvalue weighted by molar-refractivity contribution is 7.91. The van der Waals surface area contributed by atoms with Crippen molar-refractivity contribution in [3.63, 3.8) is 0 Å². The van der Waals surface area contributed by atoms with Crippen LogP contribution in [0, 0.1) is 0 Å². The monoisotopic (exact) mass is 370 g/mol. The van der Waals surface area contributed by atoms with Gasteiger partial charge in [0.15, 0.2) is 0 Å². The van der Waals surface area contributed by atoms with Crippen LogP contribution in [-0.4, -0.2) is 49.2 Å². The van der Waals surface area contributed by atoms with Gasteiger partial charge in [0.25, 0.3) is 10.0 Å². The molecule has 1 heterocycles. The first kappa shape index (κ1) is 17.9. The van der Waals surface area contributed by atoms with E-state index in [9.17, 15) is 13.2 Å². The van der Waals surface area contributed by atoms with Gasteiger partial charge in [0.1, 0.15) is 4.21 Å². The average Bonchev–Trinajstić information content (AvgIpc) is 3.04. The van der Waals surface area contributed by atoms with Crippen LogP contribution in [0.25, 0.3) is 0 Å². The van der Waals surface area contributed by atoms with Crippen molar-refractivity contribution < 1.29 is 13.2 Å². The van der Waals surface area contributed by atoms with Gasteiger partial charge in [0.2, 0.25) is 5.91 Å². The second-order valence-electron chi connectivity index (χ2n) is 6.83. The van der Waals surface area contributed by atoms with E-state index >= 15 is 0 Å². The lowest BCUT2D eigenvalue weighted by atomic mass is 10.1. The maximum Gasteiger partial charge on any atom is 0.252 e. The van der Waals surface area contributed by atoms with Crippen molar-refractivity contribution in [3.8, 4) is 0 Å². The minimum atomic E-state index is -3.41. The summed E-state index contributed by atoms with van der Waals surface area (Å²) in [6, 6.07) is 4.24. The lowest BCUT2D eigenvalue weighted by molar-refractivity contribution is -0.134. The summed E-state index contributed by atoms with van der Waals surface area (Å²) >= 11 is 1.23. The molecule has 0 spiro atoms. The zero-order valence-corrected chi connectivity index (χ0v) is 15.8. The first-order chi connectivity index (χ1) is 11.5. The number of sulfonamides is 1. The smallest absolute Gasteiger partial charge is 0.252 e. The molecular weight excluding hydrogens is 344 g/mol. The molecule has 7 heteroatoms. The summed E-state index contributed by atoms with van der Waals surface area (Å²) in [6.45, 7) is 0.384. The van der Waals surface area contributed by atoms with Gasteiger partial charge in [-0.05, 0) is 43.6 Å². The molecule has 0 unspecified atom stereocenters. The molecule has 0 aliphatic heterocycles. The van der Waals surface area contributed by atoms with Crippen molar-refractivity contribution in [1.29, 1.82) is 0 Å². The second-order valence-corrected chi connectivity index (χ2v) is 10.1. The van der Waals surface area contributed by atoms with Crippen LogP contribution in [0.5, 0.6) is 0 Å². The van der Waals surface area contributed by atoms with Crippen LogP contribution in [0.4, 0.5) is 0 Å². The Morgan fingerprint density at radius 1 is 1.21 bits per heavy atom. The van der Waals surface area contributed by atoms with Crippen LogP contribution in [-0.2, 0) is 14.8 Å². The van der Waals surface area contributed by atoms with E-state index in [0.29, 0.717) is 35.7 Å². The molecule has 2 fully saturated rings. The van der Waals surface area contributed by atoms with Crippen LogP contribution >= 0.6 is 11.3 Å². The number of hydrogen-bond acceptors (Lipinski definition) is 4. The summed E-state index contributed by atoms with van der Waals surface area (Å²) in [5.41, 5.74) is 0. The third-order valence-electron chi connectivity index (χ3n) is 4.97. The summed E-state index contributed by atoms with van der Waals surface area (Å²) in [6.07, 6.45) is 8.01. The van der Waals surface area contributed by atoms with Gasteiger partial charge in [-0.2, -0.15) is 0 Å². The lowest BCUT2D eigenvalue weighted by Crippen LogP contribution is -2.40. The summed E-state index contributed by atoms with van der Waals surface area (Å²) in [5.74, 6) is 0.214. The number of thiophene rings is 1. The van der Waals surface area contributed by atoms with E-state index in [-0.39, 0.29) is 5.91 Å². The molecular formula is C17H26N2O3S2. The van der Waals surface area contributed by atoms with Gasteiger partial charge in [-0.25, -0.2) is 12.7 Å². The molecule has 1 aromatic heterocycles. The van der Waals surface area contributed by atoms with Crippen LogP contribution in [0.2, 0.25) is 0 Å². The Morgan fingerprint density at radius 2 is 1.88 bits per heavy atom. The zero-order chi connectivity index (χ0) is 17.2. The molecule has 1 amide bonds. The Balaban J connectivity index is 1.51. The molecule has 134 valence electrons. The fraction of sp³-hybridized carbons (Fsp3) is 0.706. The van der Waals surface area contributed by atoms with Gasteiger partial charge in [-0.15, -0.1) is 11.3 Å². The van der Waals surface area contributed by atoms with E-state index in [4.69, 9.17) is 0 Å². The molecule has 0 radical (unpaired) electrons. The second kappa shape index (κ2) is 7.54. The maximum absolute atomic E-state index is 12.6. The van der Waals surface area contributed by atoms with Gasteiger partial charge >= 0.3 is 0 Å². The SMILES string of the molecule is CN(CCCC(=O)N(C1CCCC1)C1CC1)S(=O)(=O)c1cccs1. The molecule has 2 aliphatic rings. The van der Waals surface area contributed by atoms with E-state index in [0.717, 1.165) is 25.7 Å². The van der Waals surface area contributed by atoms with Crippen molar-refractivity contribution in [1.82, 2.24) is 9.21 Å². The number of nitrogens with zero attached hydrogens (tertiary/aromatic N) is 2. The number of rotatable bonds is 8. The molecule has 24 heavy (non-hydrogen) atoms. The van der Waals surface area contributed by atoms with Crippen LogP contribution < -0.4 is 0 Å². The van der Waals surface area contributed by atoms with Gasteiger partial charge in [0, 0.05) is 32.1 Å². The largest absolute Gasteiger partial charge is 0.337 e. The minimum Gasteiger partial charge on any atom is -0.337 e. The van der Waals surface area contributed by atoms with Gasteiger partial charge < -0.3 is 4.90 Å². The molecule has 0 bridgehead atoms. The highest BCUT2D eigenvalue weighted by Crippen LogP contribution is 2.35. The fourth-order valence-electron chi connectivity index (χ4n) is 3.51. The highest BCUT2D eigenvalue weighted by Gasteiger charge is 2.37. The third-order valence-corrected chi connectivity index (χ3v) is 8.20. The quantitative estimate of drug-likeness (QED) is 0.706. The van der Waals surface area contributed by atoms with E-state index < -0.39 is 10.0 Å². The molecule has 1 aromatic rings. The van der Waals surface area contributed by atoms with Crippen LogP contribution in [0.15, 0.2) is 21.7 Å². The van der Waals surface area contributed by atoms with Crippen LogP contribution in [0.3, 0.4) is 0 Å². The summed E-state index contributed by atoms with van der Waals surface area (Å²) in [5, 5.41) is 1.76. The molecule has 3 rings (SSSR count). The summed E-state index contributed by atoms with van der Waals surface area (Å²) in [4.78, 5) is 14.8. The summed E-state index contributed by atoms with van der Waals surface area (Å²) in [7, 11) is -1.81. The predicted octanol–water partition coefficient (Wildman–Crippen LogP) is 3.08. The average molecular weight is 371 g/mol. The lowest BCUT2D eigenvalue weighted by Gasteiger charge is -2.29. The Morgan fingerprint density at radius 3 is 2.46 bits per heavy atom. The molecule has 0 saturated heterocycles. The Hall–Kier alpha value is -0.920. The van der Waals surface area contributed by atoms with Crippen molar-refractivity contribution in [2.24, 2.45) is 0 Å². The first-order valence-corrected chi connectivity index (χ1v) is 11.1. The Kier molecular flexibility index (Phi) is 5.62. The van der Waals surface area contributed by atoms with Crippen molar-refractivity contribution >= 4 is 27.3 Å². The molecule has 5 nitrogen and oxygen atoms in total. The molecule has 2 saturated carbocycles. The third kappa shape index (κ3) is 4.00. The van der Waals surface area contributed by atoms with Crippen LogP contribution in [0.1, 0.15) is 51.4 Å². The van der Waals surface area contributed by atoms with Gasteiger partial charge in [0.05, 0.1) is 0 Å². The molecule has 0 N–H and O–H groups in total. The molecule has 2 aliphatic carbocycles. The van der Waals surface area contributed by atoms with Crippen molar-refractivity contribution in [3.05, 3.63) is 17.5 Å². The number of carbonyl (C=O) groups is 1.